The van der Waals surface area contributed by atoms with E-state index in [1.807, 2.05) is 6.07 Å². The molecule has 2 N–H and O–H groups in total. The highest BCUT2D eigenvalue weighted by molar-refractivity contribution is 7.89. The number of fused-ring (bicyclic) bond motifs is 1. The molecule has 0 atom stereocenters. The van der Waals surface area contributed by atoms with E-state index in [1.165, 1.54) is 7.05 Å². The summed E-state index contributed by atoms with van der Waals surface area (Å²) in [4.78, 5) is 12.4. The number of nitrogens with one attached hydrogen (secondary N) is 2. The minimum atomic E-state index is -3.91. The zero-order valence-electron chi connectivity index (χ0n) is 15.6. The predicted molar refractivity (Wildman–Crippen MR) is 105 cm³/mol. The van der Waals surface area contributed by atoms with Gasteiger partial charge in [-0.1, -0.05) is 0 Å². The van der Waals surface area contributed by atoms with Crippen LogP contribution >= 0.6 is 0 Å². The maximum Gasteiger partial charge on any atom is 0.245 e. The van der Waals surface area contributed by atoms with Crippen molar-refractivity contribution in [3.8, 4) is 6.07 Å². The van der Waals surface area contributed by atoms with Crippen molar-refractivity contribution in [1.82, 2.24) is 14.5 Å². The third-order valence-electron chi connectivity index (χ3n) is 4.34. The van der Waals surface area contributed by atoms with Gasteiger partial charge in [-0.2, -0.15) is 14.7 Å². The summed E-state index contributed by atoms with van der Waals surface area (Å²) in [6.07, 6.45) is 1.56. The minimum Gasteiger partial charge on any atom is -0.325 e. The van der Waals surface area contributed by atoms with Crippen molar-refractivity contribution >= 4 is 32.5 Å². The number of rotatable bonds is 5. The Morgan fingerprint density at radius 1 is 1.29 bits per heavy atom. The fourth-order valence-electron chi connectivity index (χ4n) is 2.89. The molecule has 1 heterocycles. The lowest BCUT2D eigenvalue weighted by Crippen LogP contribution is -2.35. The quantitative estimate of drug-likeness (QED) is 0.685. The maximum atomic E-state index is 13.0. The van der Waals surface area contributed by atoms with Gasteiger partial charge in [-0.25, -0.2) is 8.42 Å². The standard InChI is InChI=1S/C19H19N5O3S/c1-12-6-15-10-21-23-19(15)17(7-12)28(26,27)24(3)11-18(25)22-16-5-4-14(9-20)13(2)8-16/h4-8,10H,11H2,1-3H3,(H,21,23)(H,22,25). The molecule has 3 rings (SSSR count). The van der Waals surface area contributed by atoms with Crippen LogP contribution in [0.3, 0.4) is 0 Å². The summed E-state index contributed by atoms with van der Waals surface area (Å²) in [5.41, 5.74) is 2.92. The first-order chi connectivity index (χ1) is 13.2. The van der Waals surface area contributed by atoms with E-state index in [9.17, 15) is 13.2 Å². The Labute approximate surface area is 162 Å². The van der Waals surface area contributed by atoms with E-state index in [0.717, 1.165) is 15.4 Å². The summed E-state index contributed by atoms with van der Waals surface area (Å²) in [5, 5.41) is 18.9. The summed E-state index contributed by atoms with van der Waals surface area (Å²) >= 11 is 0. The second-order valence-corrected chi connectivity index (χ2v) is 8.56. The largest absolute Gasteiger partial charge is 0.325 e. The Morgan fingerprint density at radius 2 is 2.04 bits per heavy atom. The second-order valence-electron chi connectivity index (χ2n) is 6.55. The van der Waals surface area contributed by atoms with Crippen LogP contribution in [-0.4, -0.2) is 42.4 Å². The maximum absolute atomic E-state index is 13.0. The Hall–Kier alpha value is -3.22. The Kier molecular flexibility index (Phi) is 5.18. The Bertz CT molecular complexity index is 1210. The van der Waals surface area contributed by atoms with Crippen LogP contribution in [-0.2, 0) is 14.8 Å². The highest BCUT2D eigenvalue weighted by atomic mass is 32.2. The van der Waals surface area contributed by atoms with Crippen molar-refractivity contribution in [2.24, 2.45) is 0 Å². The van der Waals surface area contributed by atoms with Gasteiger partial charge >= 0.3 is 0 Å². The highest BCUT2D eigenvalue weighted by Gasteiger charge is 2.26. The van der Waals surface area contributed by atoms with Crippen LogP contribution < -0.4 is 5.32 Å². The number of benzene rings is 2. The van der Waals surface area contributed by atoms with Crippen molar-refractivity contribution in [3.05, 3.63) is 53.2 Å². The van der Waals surface area contributed by atoms with Gasteiger partial charge < -0.3 is 5.32 Å². The van der Waals surface area contributed by atoms with Crippen molar-refractivity contribution in [2.45, 2.75) is 18.7 Å². The number of nitriles is 1. The molecule has 0 radical (unpaired) electrons. The van der Waals surface area contributed by atoms with Crippen LogP contribution in [0.4, 0.5) is 5.69 Å². The molecule has 1 aromatic heterocycles. The molecule has 3 aromatic rings. The number of hydrogen-bond donors (Lipinski definition) is 2. The van der Waals surface area contributed by atoms with Crippen molar-refractivity contribution < 1.29 is 13.2 Å². The summed E-state index contributed by atoms with van der Waals surface area (Å²) in [5.74, 6) is -0.483. The van der Waals surface area contributed by atoms with Crippen LogP contribution in [0.15, 0.2) is 41.4 Å². The van der Waals surface area contributed by atoms with E-state index in [1.54, 1.807) is 44.3 Å². The van der Waals surface area contributed by atoms with Gasteiger partial charge in [-0.3, -0.25) is 9.89 Å². The SMILES string of the molecule is Cc1cc(S(=O)(=O)N(C)CC(=O)Nc2ccc(C#N)c(C)c2)c2[nH]ncc2c1. The predicted octanol–water partition coefficient (Wildman–Crippen LogP) is 2.31. The van der Waals surface area contributed by atoms with E-state index in [-0.39, 0.29) is 11.4 Å². The van der Waals surface area contributed by atoms with Crippen molar-refractivity contribution in [1.29, 1.82) is 5.26 Å². The molecule has 0 unspecified atom stereocenters. The molecule has 144 valence electrons. The molecular weight excluding hydrogens is 378 g/mol. The van der Waals surface area contributed by atoms with Crippen molar-refractivity contribution in [2.75, 3.05) is 18.9 Å². The molecule has 9 heteroatoms. The fraction of sp³-hybridized carbons (Fsp3) is 0.211. The number of aryl methyl sites for hydroxylation is 2. The van der Waals surface area contributed by atoms with Crippen LogP contribution in [0, 0.1) is 25.2 Å². The molecule has 1 amide bonds. The molecule has 8 nitrogen and oxygen atoms in total. The van der Waals surface area contributed by atoms with Gasteiger partial charge in [0.2, 0.25) is 15.9 Å². The lowest BCUT2D eigenvalue weighted by atomic mass is 10.1. The molecule has 28 heavy (non-hydrogen) atoms. The first kappa shape index (κ1) is 19.5. The summed E-state index contributed by atoms with van der Waals surface area (Å²) in [6.45, 7) is 3.20. The second kappa shape index (κ2) is 7.42. The number of aromatic nitrogens is 2. The monoisotopic (exact) mass is 397 g/mol. The number of likely N-dealkylation sites (N-methyl/N-ethyl adjacent to an activating group) is 1. The van der Waals surface area contributed by atoms with Gasteiger partial charge in [-0.05, 0) is 55.3 Å². The minimum absolute atomic E-state index is 0.0736. The molecule has 0 saturated heterocycles. The first-order valence-corrected chi connectivity index (χ1v) is 9.87. The van der Waals surface area contributed by atoms with Crippen LogP contribution in [0.5, 0.6) is 0 Å². The molecule has 0 spiro atoms. The fourth-order valence-corrected chi connectivity index (χ4v) is 4.27. The molecule has 0 saturated carbocycles. The third kappa shape index (κ3) is 3.74. The average molecular weight is 397 g/mol. The number of anilines is 1. The van der Waals surface area contributed by atoms with E-state index in [2.05, 4.69) is 21.6 Å². The molecule has 2 aromatic carbocycles. The Morgan fingerprint density at radius 3 is 2.71 bits per heavy atom. The molecule has 0 aliphatic carbocycles. The van der Waals surface area contributed by atoms with Gasteiger partial charge in [0.25, 0.3) is 0 Å². The van der Waals surface area contributed by atoms with Crippen molar-refractivity contribution in [3.63, 3.8) is 0 Å². The number of hydrogen-bond acceptors (Lipinski definition) is 5. The van der Waals surface area contributed by atoms with E-state index < -0.39 is 15.9 Å². The lowest BCUT2D eigenvalue weighted by molar-refractivity contribution is -0.116. The summed E-state index contributed by atoms with van der Waals surface area (Å²) in [7, 11) is -2.56. The highest BCUT2D eigenvalue weighted by Crippen LogP contribution is 2.25. The number of nitrogens with zero attached hydrogens (tertiary/aromatic N) is 3. The normalized spacial score (nSPS) is 11.5. The summed E-state index contributed by atoms with van der Waals surface area (Å²) < 4.78 is 27.0. The topological polar surface area (TPSA) is 119 Å². The zero-order chi connectivity index (χ0) is 20.5. The van der Waals surface area contributed by atoms with E-state index in [4.69, 9.17) is 5.26 Å². The van der Waals surface area contributed by atoms with Gasteiger partial charge in [0, 0.05) is 18.1 Å². The molecular formula is C19H19N5O3S. The third-order valence-corrected chi connectivity index (χ3v) is 6.17. The van der Waals surface area contributed by atoms with Gasteiger partial charge in [0.15, 0.2) is 0 Å². The van der Waals surface area contributed by atoms with E-state index >= 15 is 0 Å². The Balaban J connectivity index is 1.80. The van der Waals surface area contributed by atoms with Crippen LogP contribution in [0.25, 0.3) is 10.9 Å². The number of amides is 1. The smallest absolute Gasteiger partial charge is 0.245 e. The number of sulfonamides is 1. The van der Waals surface area contributed by atoms with Crippen LogP contribution in [0.1, 0.15) is 16.7 Å². The number of carbonyl (C=O) groups excluding carboxylic acids is 1. The zero-order valence-corrected chi connectivity index (χ0v) is 16.5. The van der Waals surface area contributed by atoms with Crippen LogP contribution in [0.2, 0.25) is 0 Å². The number of aromatic amines is 1. The van der Waals surface area contributed by atoms with Gasteiger partial charge in [0.05, 0.1) is 29.9 Å². The molecule has 0 aliphatic rings. The number of carbonyl (C=O) groups is 1. The average Bonchev–Trinajstić information content (AvgIpc) is 3.09. The molecule has 0 aliphatic heterocycles. The number of H-pyrrole nitrogens is 1. The lowest BCUT2D eigenvalue weighted by Gasteiger charge is -2.18. The van der Waals surface area contributed by atoms with Gasteiger partial charge in [-0.15, -0.1) is 0 Å². The van der Waals surface area contributed by atoms with E-state index in [0.29, 0.717) is 22.2 Å². The first-order valence-electron chi connectivity index (χ1n) is 8.43. The molecule has 0 fully saturated rings. The van der Waals surface area contributed by atoms with Gasteiger partial charge in [0.1, 0.15) is 4.90 Å². The molecule has 0 bridgehead atoms. The summed E-state index contributed by atoms with van der Waals surface area (Å²) in [6, 6.07) is 10.3.